The van der Waals surface area contributed by atoms with Gasteiger partial charge < -0.3 is 20.1 Å². The number of ether oxygens (including phenoxy) is 1. The highest BCUT2D eigenvalue weighted by Gasteiger charge is 2.34. The van der Waals surface area contributed by atoms with Crippen LogP contribution in [0.4, 0.5) is 25.0 Å². The summed E-state index contributed by atoms with van der Waals surface area (Å²) in [6.07, 6.45) is -1.40. The largest absolute Gasteiger partial charge is 0.442 e. The third-order valence-electron chi connectivity index (χ3n) is 4.38. The maximum Gasteiger partial charge on any atom is 0.414 e. The second-order valence-electron chi connectivity index (χ2n) is 6.25. The van der Waals surface area contributed by atoms with Gasteiger partial charge in [-0.15, -0.1) is 0 Å². The Kier molecular flexibility index (Phi) is 6.38. The molecule has 10 heteroatoms. The second kappa shape index (κ2) is 8.75. The summed E-state index contributed by atoms with van der Waals surface area (Å²) >= 11 is 1.74. The molecule has 0 unspecified atom stereocenters. The van der Waals surface area contributed by atoms with Gasteiger partial charge in [0.25, 0.3) is 0 Å². The van der Waals surface area contributed by atoms with Crippen molar-refractivity contribution in [3.05, 3.63) is 23.8 Å². The van der Waals surface area contributed by atoms with Crippen LogP contribution in [0.15, 0.2) is 12.1 Å². The van der Waals surface area contributed by atoms with Crippen molar-refractivity contribution in [2.45, 2.75) is 12.5 Å². The predicted molar refractivity (Wildman–Crippen MR) is 98.2 cm³/mol. The summed E-state index contributed by atoms with van der Waals surface area (Å²) in [5.41, 5.74) is 0.00810. The molecule has 2 amide bonds. The lowest BCUT2D eigenvalue weighted by Gasteiger charge is -2.29. The molecule has 1 aromatic carbocycles. The van der Waals surface area contributed by atoms with Crippen molar-refractivity contribution in [1.82, 2.24) is 5.32 Å². The molecule has 2 fully saturated rings. The van der Waals surface area contributed by atoms with Crippen molar-refractivity contribution in [2.75, 3.05) is 54.1 Å². The number of hydrogen-bond donors (Lipinski definition) is 2. The highest BCUT2D eigenvalue weighted by Crippen LogP contribution is 2.32. The number of thioether (sulfide) groups is 1. The van der Waals surface area contributed by atoms with Crippen LogP contribution < -0.4 is 15.1 Å². The van der Waals surface area contributed by atoms with E-state index in [9.17, 15) is 18.4 Å². The third-order valence-corrected chi connectivity index (χ3v) is 5.32. The number of halogens is 2. The lowest BCUT2D eigenvalue weighted by molar-refractivity contribution is -0.122. The Morgan fingerprint density at radius 3 is 2.59 bits per heavy atom. The molecule has 1 aromatic rings. The van der Waals surface area contributed by atoms with Crippen LogP contribution in [-0.4, -0.2) is 67.5 Å². The van der Waals surface area contributed by atoms with E-state index < -0.39 is 23.8 Å². The molecule has 0 spiro atoms. The van der Waals surface area contributed by atoms with E-state index in [-0.39, 0.29) is 43.4 Å². The Morgan fingerprint density at radius 1 is 1.30 bits per heavy atom. The van der Waals surface area contributed by atoms with Gasteiger partial charge >= 0.3 is 6.09 Å². The van der Waals surface area contributed by atoms with Crippen LogP contribution in [0.25, 0.3) is 0 Å². The molecular weight excluding hydrogens is 380 g/mol. The Balaban J connectivity index is 1.69. The van der Waals surface area contributed by atoms with Gasteiger partial charge in [0.1, 0.15) is 11.8 Å². The number of benzene rings is 1. The average molecular weight is 401 g/mol. The zero-order valence-corrected chi connectivity index (χ0v) is 15.4. The minimum absolute atomic E-state index is 0.0444. The monoisotopic (exact) mass is 401 g/mol. The zero-order valence-electron chi connectivity index (χ0n) is 14.6. The summed E-state index contributed by atoms with van der Waals surface area (Å²) in [6, 6.07) is 2.27. The molecule has 2 saturated heterocycles. The molecule has 27 heavy (non-hydrogen) atoms. The predicted octanol–water partition coefficient (Wildman–Crippen LogP) is 1.34. The lowest BCUT2D eigenvalue weighted by Crippen LogP contribution is -2.35. The van der Waals surface area contributed by atoms with E-state index in [1.807, 2.05) is 0 Å². The number of hydrogen-bond acceptors (Lipinski definition) is 6. The van der Waals surface area contributed by atoms with E-state index in [4.69, 9.17) is 9.84 Å². The van der Waals surface area contributed by atoms with Gasteiger partial charge in [-0.1, -0.05) is 0 Å². The number of nitrogens with one attached hydrogen (secondary N) is 1. The average Bonchev–Trinajstić information content (AvgIpc) is 3.01. The number of aliphatic hydroxyl groups is 1. The molecule has 0 aliphatic carbocycles. The molecule has 3 rings (SSSR count). The summed E-state index contributed by atoms with van der Waals surface area (Å²) < 4.78 is 34.3. The quantitative estimate of drug-likeness (QED) is 0.749. The van der Waals surface area contributed by atoms with Gasteiger partial charge in [-0.05, 0) is 0 Å². The molecule has 0 bridgehead atoms. The fourth-order valence-electron chi connectivity index (χ4n) is 3.05. The van der Waals surface area contributed by atoms with Crippen molar-refractivity contribution in [3.8, 4) is 0 Å². The van der Waals surface area contributed by atoms with Gasteiger partial charge in [0.15, 0.2) is 11.6 Å². The molecule has 148 valence electrons. The molecule has 2 aliphatic rings. The highest BCUT2D eigenvalue weighted by molar-refractivity contribution is 7.99. The molecule has 2 N–H and O–H groups in total. The van der Waals surface area contributed by atoms with Crippen LogP contribution in [0.1, 0.15) is 6.42 Å². The molecule has 1 atom stereocenters. The Labute approximate surface area is 159 Å². The minimum atomic E-state index is -0.725. The highest BCUT2D eigenvalue weighted by atomic mass is 32.2. The fraction of sp³-hybridized carbons (Fsp3) is 0.529. The number of aliphatic hydroxyl groups excluding tert-OH is 1. The van der Waals surface area contributed by atoms with E-state index in [0.717, 1.165) is 28.5 Å². The summed E-state index contributed by atoms with van der Waals surface area (Å²) in [5, 5.41) is 11.2. The number of carbonyl (C=O) groups excluding carboxylic acids is 2. The third kappa shape index (κ3) is 4.62. The van der Waals surface area contributed by atoms with Crippen LogP contribution in [0, 0.1) is 11.6 Å². The van der Waals surface area contributed by atoms with Crippen LogP contribution in [0.2, 0.25) is 0 Å². The van der Waals surface area contributed by atoms with E-state index >= 15 is 0 Å². The van der Waals surface area contributed by atoms with Crippen LogP contribution in [0.3, 0.4) is 0 Å². The standard InChI is InChI=1S/C17H21F2N3O4S/c18-13-7-11(8-14(19)16(13)21-2-5-27-6-3-21)22-10-12(26-17(22)25)9-20-15(24)1-4-23/h7-8,12,23H,1-6,9-10H2,(H,20,24)/t12-/m0/s1. The van der Waals surface area contributed by atoms with Crippen molar-refractivity contribution < 1.29 is 28.2 Å². The summed E-state index contributed by atoms with van der Waals surface area (Å²) in [7, 11) is 0. The molecule has 0 aromatic heterocycles. The van der Waals surface area contributed by atoms with Crippen LogP contribution in [0.5, 0.6) is 0 Å². The Hall–Kier alpha value is -2.07. The number of rotatable bonds is 6. The number of anilines is 2. The van der Waals surface area contributed by atoms with Gasteiger partial charge in [-0.25, -0.2) is 13.6 Å². The molecule has 7 nitrogen and oxygen atoms in total. The first-order chi connectivity index (χ1) is 13.0. The van der Waals surface area contributed by atoms with Gasteiger partial charge in [0, 0.05) is 43.1 Å². The Bertz CT molecular complexity index is 692. The zero-order chi connectivity index (χ0) is 19.4. The molecule has 0 saturated carbocycles. The Morgan fingerprint density at radius 2 is 1.96 bits per heavy atom. The van der Waals surface area contributed by atoms with E-state index in [0.29, 0.717) is 13.1 Å². The number of nitrogens with zero attached hydrogens (tertiary/aromatic N) is 2. The maximum absolute atomic E-state index is 14.6. The van der Waals surface area contributed by atoms with Crippen molar-refractivity contribution in [2.24, 2.45) is 0 Å². The first-order valence-corrected chi connectivity index (χ1v) is 9.82. The second-order valence-corrected chi connectivity index (χ2v) is 7.48. The van der Waals surface area contributed by atoms with Gasteiger partial charge in [-0.2, -0.15) is 11.8 Å². The maximum atomic E-state index is 14.6. The van der Waals surface area contributed by atoms with Crippen molar-refractivity contribution in [1.29, 1.82) is 0 Å². The van der Waals surface area contributed by atoms with E-state index in [1.165, 1.54) is 0 Å². The molecule has 2 aliphatic heterocycles. The normalized spacial score (nSPS) is 20.0. The summed E-state index contributed by atoms with van der Waals surface area (Å²) in [6.45, 7) is 0.994. The number of amides is 2. The number of cyclic esters (lactones) is 1. The first kappa shape index (κ1) is 19.7. The van der Waals surface area contributed by atoms with Crippen molar-refractivity contribution >= 4 is 35.1 Å². The van der Waals surface area contributed by atoms with Gasteiger partial charge in [0.2, 0.25) is 5.91 Å². The van der Waals surface area contributed by atoms with Crippen LogP contribution in [-0.2, 0) is 9.53 Å². The van der Waals surface area contributed by atoms with Gasteiger partial charge in [0.05, 0.1) is 25.4 Å². The van der Waals surface area contributed by atoms with E-state index in [1.54, 1.807) is 16.7 Å². The smallest absolute Gasteiger partial charge is 0.414 e. The SMILES string of the molecule is O=C(CCO)NC[C@H]1CN(c2cc(F)c(N3CCSCC3)c(F)c2)C(=O)O1. The number of carbonyl (C=O) groups is 2. The molecule has 0 radical (unpaired) electrons. The lowest BCUT2D eigenvalue weighted by atomic mass is 10.2. The minimum Gasteiger partial charge on any atom is -0.442 e. The summed E-state index contributed by atoms with van der Waals surface area (Å²) in [5.74, 6) is -0.187. The van der Waals surface area contributed by atoms with Gasteiger partial charge in [-0.3, -0.25) is 9.69 Å². The van der Waals surface area contributed by atoms with Crippen LogP contribution >= 0.6 is 11.8 Å². The molecule has 2 heterocycles. The van der Waals surface area contributed by atoms with E-state index in [2.05, 4.69) is 5.32 Å². The topological polar surface area (TPSA) is 82.1 Å². The first-order valence-electron chi connectivity index (χ1n) is 8.67. The molecular formula is C17H21F2N3O4S. The fourth-order valence-corrected chi connectivity index (χ4v) is 3.96. The summed E-state index contributed by atoms with van der Waals surface area (Å²) in [4.78, 5) is 26.3. The van der Waals surface area contributed by atoms with Crippen molar-refractivity contribution in [3.63, 3.8) is 0 Å².